The summed E-state index contributed by atoms with van der Waals surface area (Å²) in [7, 11) is 1.23. The van der Waals surface area contributed by atoms with Crippen molar-refractivity contribution in [3.05, 3.63) is 35.9 Å². The molecule has 9 nitrogen and oxygen atoms in total. The third-order valence-corrected chi connectivity index (χ3v) is 4.82. The molecular weight excluding hydrogens is 438 g/mol. The lowest BCUT2D eigenvalue weighted by Gasteiger charge is -2.43. The highest BCUT2D eigenvalue weighted by Crippen LogP contribution is 2.30. The van der Waals surface area contributed by atoms with E-state index in [0.717, 1.165) is 0 Å². The van der Waals surface area contributed by atoms with Crippen molar-refractivity contribution in [2.24, 2.45) is 5.92 Å². The molecule has 0 aliphatic rings. The van der Waals surface area contributed by atoms with Crippen LogP contribution in [-0.4, -0.2) is 59.6 Å². The summed E-state index contributed by atoms with van der Waals surface area (Å²) in [5.74, 6) is -1.89. The van der Waals surface area contributed by atoms with Gasteiger partial charge in [-0.05, 0) is 53.0 Å². The van der Waals surface area contributed by atoms with E-state index < -0.39 is 47.1 Å². The second-order valence-corrected chi connectivity index (χ2v) is 10.4. The van der Waals surface area contributed by atoms with Gasteiger partial charge < -0.3 is 25.0 Å². The van der Waals surface area contributed by atoms with Crippen molar-refractivity contribution in [3.63, 3.8) is 0 Å². The number of hydrogen-bond acceptors (Lipinski definition) is 6. The number of benzene rings is 1. The van der Waals surface area contributed by atoms with Crippen molar-refractivity contribution in [1.29, 1.82) is 0 Å². The first-order valence-electron chi connectivity index (χ1n) is 11.3. The van der Waals surface area contributed by atoms with Crippen molar-refractivity contribution in [2.45, 2.75) is 78.6 Å². The molecule has 190 valence electrons. The average molecular weight is 478 g/mol. The molecule has 1 aromatic carbocycles. The van der Waals surface area contributed by atoms with Gasteiger partial charge in [-0.25, -0.2) is 4.79 Å². The zero-order valence-electron chi connectivity index (χ0n) is 21.7. The predicted molar refractivity (Wildman–Crippen MR) is 129 cm³/mol. The number of amides is 3. The first-order valence-corrected chi connectivity index (χ1v) is 11.3. The molecule has 3 amide bonds. The van der Waals surface area contributed by atoms with Crippen molar-refractivity contribution in [1.82, 2.24) is 15.5 Å². The lowest BCUT2D eigenvalue weighted by molar-refractivity contribution is -0.150. The molecule has 2 atom stereocenters. The largest absolute Gasteiger partial charge is 0.468 e. The van der Waals surface area contributed by atoms with Crippen LogP contribution in [0.4, 0.5) is 4.79 Å². The molecule has 0 aliphatic heterocycles. The highest BCUT2D eigenvalue weighted by atomic mass is 16.6. The van der Waals surface area contributed by atoms with Crippen LogP contribution in [0.5, 0.6) is 0 Å². The SMILES string of the molecule is COC(=O)CNC(=O)C(c1ccccc1)N(C(=O)C(NC(=O)OC(C)(C)C)C(C)C)C(C)(C)C. The minimum Gasteiger partial charge on any atom is -0.468 e. The van der Waals surface area contributed by atoms with Crippen molar-refractivity contribution in [3.8, 4) is 0 Å². The van der Waals surface area contributed by atoms with Crippen molar-refractivity contribution in [2.75, 3.05) is 13.7 Å². The van der Waals surface area contributed by atoms with Crippen LogP contribution in [-0.2, 0) is 23.9 Å². The number of rotatable bonds is 8. The standard InChI is InChI=1S/C25H39N3O6/c1-16(2)19(27-23(32)34-25(6,7)8)22(31)28(24(3,4)5)20(17-13-11-10-12-14-17)21(30)26-15-18(29)33-9/h10-14,16,19-20H,15H2,1-9H3,(H,26,30)(H,27,32). The molecule has 0 spiro atoms. The van der Waals surface area contributed by atoms with Gasteiger partial charge in [0.1, 0.15) is 24.2 Å². The summed E-state index contributed by atoms with van der Waals surface area (Å²) in [5.41, 5.74) is -0.991. The lowest BCUT2D eigenvalue weighted by atomic mass is 9.93. The maximum absolute atomic E-state index is 13.9. The van der Waals surface area contributed by atoms with Crippen LogP contribution in [0.25, 0.3) is 0 Å². The second-order valence-electron chi connectivity index (χ2n) is 10.4. The van der Waals surface area contributed by atoms with Gasteiger partial charge in [0.25, 0.3) is 0 Å². The lowest BCUT2D eigenvalue weighted by Crippen LogP contribution is -2.60. The van der Waals surface area contributed by atoms with Crippen LogP contribution >= 0.6 is 0 Å². The first kappa shape index (κ1) is 28.9. The van der Waals surface area contributed by atoms with Crippen LogP contribution in [0, 0.1) is 5.92 Å². The van der Waals surface area contributed by atoms with E-state index in [9.17, 15) is 19.2 Å². The zero-order valence-corrected chi connectivity index (χ0v) is 21.7. The van der Waals surface area contributed by atoms with Gasteiger partial charge >= 0.3 is 12.1 Å². The number of carbonyl (C=O) groups excluding carboxylic acids is 4. The smallest absolute Gasteiger partial charge is 0.408 e. The van der Waals surface area contributed by atoms with Gasteiger partial charge in [-0.15, -0.1) is 0 Å². The summed E-state index contributed by atoms with van der Waals surface area (Å²) in [5, 5.41) is 5.23. The number of nitrogens with zero attached hydrogens (tertiary/aromatic N) is 1. The van der Waals surface area contributed by atoms with Crippen molar-refractivity contribution >= 4 is 23.9 Å². The summed E-state index contributed by atoms with van der Waals surface area (Å²) < 4.78 is 9.97. The maximum Gasteiger partial charge on any atom is 0.408 e. The minimum atomic E-state index is -1.06. The van der Waals surface area contributed by atoms with E-state index in [2.05, 4.69) is 15.4 Å². The fourth-order valence-electron chi connectivity index (χ4n) is 3.32. The van der Waals surface area contributed by atoms with Gasteiger partial charge in [0, 0.05) is 5.54 Å². The van der Waals surface area contributed by atoms with Gasteiger partial charge in [0.2, 0.25) is 11.8 Å². The summed E-state index contributed by atoms with van der Waals surface area (Å²) in [6, 6.07) is 6.80. The highest BCUT2D eigenvalue weighted by Gasteiger charge is 2.42. The molecule has 0 aliphatic carbocycles. The van der Waals surface area contributed by atoms with E-state index in [-0.39, 0.29) is 12.5 Å². The molecule has 0 fully saturated rings. The maximum atomic E-state index is 13.9. The molecule has 0 bridgehead atoms. The molecule has 34 heavy (non-hydrogen) atoms. The molecule has 2 unspecified atom stereocenters. The third kappa shape index (κ3) is 8.68. The Balaban J connectivity index is 3.45. The van der Waals surface area contributed by atoms with E-state index in [1.807, 2.05) is 0 Å². The Labute approximate surface area is 202 Å². The monoisotopic (exact) mass is 477 g/mol. The molecule has 2 N–H and O–H groups in total. The molecule has 0 heterocycles. The Morgan fingerprint density at radius 3 is 1.97 bits per heavy atom. The van der Waals surface area contributed by atoms with Gasteiger partial charge in [-0.3, -0.25) is 14.4 Å². The van der Waals surface area contributed by atoms with E-state index in [1.165, 1.54) is 12.0 Å². The van der Waals surface area contributed by atoms with Crippen LogP contribution in [0.2, 0.25) is 0 Å². The van der Waals surface area contributed by atoms with Gasteiger partial charge in [0.05, 0.1) is 7.11 Å². The highest BCUT2D eigenvalue weighted by molar-refractivity contribution is 5.93. The van der Waals surface area contributed by atoms with Gasteiger partial charge in [-0.1, -0.05) is 44.2 Å². The van der Waals surface area contributed by atoms with E-state index >= 15 is 0 Å². The molecule has 9 heteroatoms. The molecule has 0 saturated carbocycles. The predicted octanol–water partition coefficient (Wildman–Crippen LogP) is 3.19. The Morgan fingerprint density at radius 1 is 0.971 bits per heavy atom. The first-order chi connectivity index (χ1) is 15.6. The summed E-state index contributed by atoms with van der Waals surface area (Å²) in [4.78, 5) is 52.8. The number of carbonyl (C=O) groups is 4. The number of esters is 1. The third-order valence-electron chi connectivity index (χ3n) is 4.82. The molecule has 0 aromatic heterocycles. The number of hydrogen-bond donors (Lipinski definition) is 2. The zero-order chi connectivity index (χ0) is 26.3. The average Bonchev–Trinajstić information content (AvgIpc) is 2.71. The van der Waals surface area contributed by atoms with Gasteiger partial charge in [-0.2, -0.15) is 0 Å². The topological polar surface area (TPSA) is 114 Å². The van der Waals surface area contributed by atoms with Crippen molar-refractivity contribution < 1.29 is 28.7 Å². The molecule has 1 rings (SSSR count). The molecule has 0 saturated heterocycles. The number of nitrogens with one attached hydrogen (secondary N) is 2. The molecular formula is C25H39N3O6. The Kier molecular flexibility index (Phi) is 10.1. The second kappa shape index (κ2) is 11.9. The van der Waals surface area contributed by atoms with E-state index in [0.29, 0.717) is 5.56 Å². The fourth-order valence-corrected chi connectivity index (χ4v) is 3.32. The Hall–Kier alpha value is -3.10. The van der Waals surface area contributed by atoms with Crippen LogP contribution in [0.3, 0.4) is 0 Å². The number of ether oxygens (including phenoxy) is 2. The number of methoxy groups -OCH3 is 1. The van der Waals surface area contributed by atoms with Gasteiger partial charge in [0.15, 0.2) is 0 Å². The van der Waals surface area contributed by atoms with Crippen LogP contribution < -0.4 is 10.6 Å². The Bertz CT molecular complexity index is 856. The Morgan fingerprint density at radius 2 is 1.53 bits per heavy atom. The molecule has 1 aromatic rings. The summed E-state index contributed by atoms with van der Waals surface area (Å²) in [6.07, 6.45) is -0.722. The van der Waals surface area contributed by atoms with E-state index in [1.54, 1.807) is 85.7 Å². The minimum absolute atomic E-state index is 0.292. The van der Waals surface area contributed by atoms with Crippen LogP contribution in [0.1, 0.15) is 67.0 Å². The van der Waals surface area contributed by atoms with E-state index in [4.69, 9.17) is 4.74 Å². The quantitative estimate of drug-likeness (QED) is 0.556. The number of alkyl carbamates (subject to hydrolysis) is 1. The fraction of sp³-hybridized carbons (Fsp3) is 0.600. The summed E-state index contributed by atoms with van der Waals surface area (Å²) >= 11 is 0. The molecule has 0 radical (unpaired) electrons. The normalized spacial score (nSPS) is 13.5. The van der Waals surface area contributed by atoms with Crippen LogP contribution in [0.15, 0.2) is 30.3 Å². The summed E-state index contributed by atoms with van der Waals surface area (Å²) in [6.45, 7) is 13.9.